The molecule has 0 aliphatic rings. The van der Waals surface area contributed by atoms with Crippen LogP contribution >= 0.6 is 12.2 Å². The molecule has 17 heavy (non-hydrogen) atoms. The Bertz CT molecular complexity index is 382. The smallest absolute Gasteiger partial charge is 0.124 e. The highest BCUT2D eigenvalue weighted by Gasteiger charge is 2.10. The molecule has 5 heteroatoms. The molecule has 1 heterocycles. The number of likely N-dealkylation sites (N-methyl/N-ethyl adjacent to an activating group) is 1. The van der Waals surface area contributed by atoms with Crippen molar-refractivity contribution in [1.29, 1.82) is 0 Å². The molecule has 0 fully saturated rings. The molecule has 0 aliphatic heterocycles. The van der Waals surface area contributed by atoms with Gasteiger partial charge in [0.15, 0.2) is 0 Å². The SMILES string of the molecule is CC(C)OCCN(C)c1cccnc1C(N)=S. The number of ether oxygens (including phenoxy) is 1. The van der Waals surface area contributed by atoms with Gasteiger partial charge in [-0.2, -0.15) is 0 Å². The fourth-order valence-corrected chi connectivity index (χ4v) is 1.60. The van der Waals surface area contributed by atoms with Crippen LogP contribution in [0.4, 0.5) is 5.69 Å². The van der Waals surface area contributed by atoms with Gasteiger partial charge in [-0.15, -0.1) is 0 Å². The molecule has 0 aliphatic carbocycles. The van der Waals surface area contributed by atoms with Crippen molar-refractivity contribution in [3.05, 3.63) is 24.0 Å². The molecular formula is C12H19N3OS. The topological polar surface area (TPSA) is 51.4 Å². The molecule has 2 N–H and O–H groups in total. The monoisotopic (exact) mass is 253 g/mol. The normalized spacial score (nSPS) is 10.6. The molecule has 94 valence electrons. The summed E-state index contributed by atoms with van der Waals surface area (Å²) in [7, 11) is 1.97. The molecule has 0 spiro atoms. The summed E-state index contributed by atoms with van der Waals surface area (Å²) in [5, 5.41) is 0. The first-order chi connectivity index (χ1) is 8.02. The average molecular weight is 253 g/mol. The van der Waals surface area contributed by atoms with Crippen molar-refractivity contribution in [3.8, 4) is 0 Å². The standard InChI is InChI=1S/C12H19N3OS/c1-9(2)16-8-7-15(3)10-5-4-6-14-11(10)12(13)17/h4-6,9H,7-8H2,1-3H3,(H2,13,17). The Morgan fingerprint density at radius 1 is 1.59 bits per heavy atom. The summed E-state index contributed by atoms with van der Waals surface area (Å²) in [5.41, 5.74) is 7.24. The number of hydrogen-bond donors (Lipinski definition) is 1. The lowest BCUT2D eigenvalue weighted by Crippen LogP contribution is -2.27. The van der Waals surface area contributed by atoms with E-state index in [1.807, 2.05) is 37.9 Å². The molecule has 0 bridgehead atoms. The van der Waals surface area contributed by atoms with Gasteiger partial charge in [0.1, 0.15) is 10.7 Å². The molecular weight excluding hydrogens is 234 g/mol. The summed E-state index contributed by atoms with van der Waals surface area (Å²) >= 11 is 4.98. The first kappa shape index (κ1) is 13.9. The minimum Gasteiger partial charge on any atom is -0.388 e. The molecule has 0 radical (unpaired) electrons. The van der Waals surface area contributed by atoms with Crippen LogP contribution < -0.4 is 10.6 Å². The predicted octanol–water partition coefficient (Wildman–Crippen LogP) is 1.58. The van der Waals surface area contributed by atoms with Gasteiger partial charge in [0.05, 0.1) is 18.4 Å². The van der Waals surface area contributed by atoms with Crippen LogP contribution in [-0.2, 0) is 4.74 Å². The van der Waals surface area contributed by atoms with E-state index in [4.69, 9.17) is 22.7 Å². The maximum atomic E-state index is 5.64. The lowest BCUT2D eigenvalue weighted by molar-refractivity contribution is 0.0846. The van der Waals surface area contributed by atoms with Crippen molar-refractivity contribution in [3.63, 3.8) is 0 Å². The van der Waals surface area contributed by atoms with Crippen LogP contribution in [0.2, 0.25) is 0 Å². The van der Waals surface area contributed by atoms with Gasteiger partial charge in [-0.25, -0.2) is 0 Å². The largest absolute Gasteiger partial charge is 0.388 e. The minimum atomic E-state index is 0.243. The van der Waals surface area contributed by atoms with Crippen molar-refractivity contribution >= 4 is 22.9 Å². The van der Waals surface area contributed by atoms with Crippen molar-refractivity contribution in [2.24, 2.45) is 5.73 Å². The average Bonchev–Trinajstić information content (AvgIpc) is 2.28. The van der Waals surface area contributed by atoms with E-state index in [0.29, 0.717) is 17.3 Å². The molecule has 0 saturated carbocycles. The zero-order chi connectivity index (χ0) is 12.8. The van der Waals surface area contributed by atoms with Crippen molar-refractivity contribution in [2.75, 3.05) is 25.1 Å². The van der Waals surface area contributed by atoms with E-state index in [9.17, 15) is 0 Å². The third-order valence-electron chi connectivity index (χ3n) is 2.31. The van der Waals surface area contributed by atoms with Crippen LogP contribution in [0.5, 0.6) is 0 Å². The summed E-state index contributed by atoms with van der Waals surface area (Å²) in [5.74, 6) is 0. The summed E-state index contributed by atoms with van der Waals surface area (Å²) < 4.78 is 5.51. The Morgan fingerprint density at radius 3 is 2.88 bits per heavy atom. The van der Waals surface area contributed by atoms with Crippen molar-refractivity contribution in [2.45, 2.75) is 20.0 Å². The third-order valence-corrected chi connectivity index (χ3v) is 2.50. The number of hydrogen-bond acceptors (Lipinski definition) is 4. The van der Waals surface area contributed by atoms with Crippen LogP contribution in [0.25, 0.3) is 0 Å². The van der Waals surface area contributed by atoms with Gasteiger partial charge < -0.3 is 15.4 Å². The quantitative estimate of drug-likeness (QED) is 0.780. The predicted molar refractivity (Wildman–Crippen MR) is 74.5 cm³/mol. The molecule has 0 saturated heterocycles. The lowest BCUT2D eigenvalue weighted by Gasteiger charge is -2.21. The van der Waals surface area contributed by atoms with E-state index < -0.39 is 0 Å². The Balaban J connectivity index is 2.68. The van der Waals surface area contributed by atoms with E-state index in [-0.39, 0.29) is 6.10 Å². The van der Waals surface area contributed by atoms with Crippen LogP contribution in [0, 0.1) is 0 Å². The molecule has 0 amide bonds. The lowest BCUT2D eigenvalue weighted by atomic mass is 10.2. The highest BCUT2D eigenvalue weighted by molar-refractivity contribution is 7.80. The van der Waals surface area contributed by atoms with Crippen LogP contribution in [0.15, 0.2) is 18.3 Å². The Labute approximate surface area is 108 Å². The fraction of sp³-hybridized carbons (Fsp3) is 0.500. The Morgan fingerprint density at radius 2 is 2.29 bits per heavy atom. The maximum absolute atomic E-state index is 5.64. The molecule has 0 atom stereocenters. The zero-order valence-electron chi connectivity index (χ0n) is 10.5. The van der Waals surface area contributed by atoms with E-state index >= 15 is 0 Å². The van der Waals surface area contributed by atoms with Gasteiger partial charge >= 0.3 is 0 Å². The number of rotatable bonds is 6. The summed E-state index contributed by atoms with van der Waals surface area (Å²) in [6, 6.07) is 3.83. The van der Waals surface area contributed by atoms with Gasteiger partial charge in [-0.1, -0.05) is 12.2 Å². The van der Waals surface area contributed by atoms with Gasteiger partial charge in [0, 0.05) is 19.8 Å². The first-order valence-corrected chi connectivity index (χ1v) is 6.00. The van der Waals surface area contributed by atoms with Gasteiger partial charge in [-0.05, 0) is 26.0 Å². The summed E-state index contributed by atoms with van der Waals surface area (Å²) in [6.45, 7) is 5.48. The van der Waals surface area contributed by atoms with Crippen LogP contribution in [-0.4, -0.2) is 36.3 Å². The molecule has 0 aromatic carbocycles. The highest BCUT2D eigenvalue weighted by Crippen LogP contribution is 2.16. The van der Waals surface area contributed by atoms with E-state index in [0.717, 1.165) is 12.2 Å². The second-order valence-electron chi connectivity index (χ2n) is 4.08. The molecule has 1 aromatic heterocycles. The van der Waals surface area contributed by atoms with E-state index in [2.05, 4.69) is 4.98 Å². The number of nitrogens with two attached hydrogens (primary N) is 1. The first-order valence-electron chi connectivity index (χ1n) is 5.60. The molecule has 0 unspecified atom stereocenters. The summed E-state index contributed by atoms with van der Waals surface area (Å²) in [6.07, 6.45) is 1.93. The van der Waals surface area contributed by atoms with Crippen LogP contribution in [0.1, 0.15) is 19.5 Å². The highest BCUT2D eigenvalue weighted by atomic mass is 32.1. The molecule has 4 nitrogen and oxygen atoms in total. The number of anilines is 1. The van der Waals surface area contributed by atoms with Gasteiger partial charge in [0.2, 0.25) is 0 Å². The Kier molecular flexibility index (Phi) is 5.31. The minimum absolute atomic E-state index is 0.243. The van der Waals surface area contributed by atoms with Crippen molar-refractivity contribution < 1.29 is 4.74 Å². The van der Waals surface area contributed by atoms with E-state index in [1.54, 1.807) is 6.20 Å². The van der Waals surface area contributed by atoms with E-state index in [1.165, 1.54) is 0 Å². The van der Waals surface area contributed by atoms with Gasteiger partial charge in [-0.3, -0.25) is 4.98 Å². The maximum Gasteiger partial charge on any atom is 0.124 e. The third kappa shape index (κ3) is 4.28. The second kappa shape index (κ2) is 6.51. The number of pyridine rings is 1. The van der Waals surface area contributed by atoms with Gasteiger partial charge in [0.25, 0.3) is 0 Å². The zero-order valence-corrected chi connectivity index (χ0v) is 11.3. The molecule has 1 rings (SSSR count). The summed E-state index contributed by atoms with van der Waals surface area (Å²) in [4.78, 5) is 6.56. The Hall–Kier alpha value is -1.20. The number of nitrogens with zero attached hydrogens (tertiary/aromatic N) is 2. The molecule has 1 aromatic rings. The van der Waals surface area contributed by atoms with Crippen LogP contribution in [0.3, 0.4) is 0 Å². The number of thiocarbonyl (C=S) groups is 1. The number of aromatic nitrogens is 1. The van der Waals surface area contributed by atoms with Crippen molar-refractivity contribution in [1.82, 2.24) is 4.98 Å². The fourth-order valence-electron chi connectivity index (χ4n) is 1.44. The second-order valence-corrected chi connectivity index (χ2v) is 4.52.